The van der Waals surface area contributed by atoms with E-state index >= 15 is 0 Å². The molecule has 0 saturated heterocycles. The summed E-state index contributed by atoms with van der Waals surface area (Å²) >= 11 is 12.3. The number of alkyl halides is 3. The van der Waals surface area contributed by atoms with Gasteiger partial charge >= 0.3 is 6.18 Å². The highest BCUT2D eigenvalue weighted by Gasteiger charge is 2.34. The largest absolute Gasteiger partial charge is 0.493 e. The predicted octanol–water partition coefficient (Wildman–Crippen LogP) is 8.70. The Morgan fingerprint density at radius 1 is 0.821 bits per heavy atom. The fourth-order valence-corrected chi connectivity index (χ4v) is 4.93. The van der Waals surface area contributed by atoms with E-state index < -0.39 is 11.7 Å². The molecule has 204 valence electrons. The molecule has 2 N–H and O–H groups in total. The van der Waals surface area contributed by atoms with Gasteiger partial charge in [-0.1, -0.05) is 96.0 Å². The summed E-state index contributed by atoms with van der Waals surface area (Å²) in [6, 6.07) is 29.3. The van der Waals surface area contributed by atoms with E-state index in [2.05, 4.69) is 29.2 Å². The van der Waals surface area contributed by atoms with Crippen molar-refractivity contribution in [2.75, 3.05) is 25.4 Å². The maximum atomic E-state index is 13.6. The van der Waals surface area contributed by atoms with E-state index in [1.165, 1.54) is 6.07 Å². The summed E-state index contributed by atoms with van der Waals surface area (Å²) in [4.78, 5) is 2.13. The Balaban J connectivity index is 1.56. The molecule has 0 aliphatic carbocycles. The van der Waals surface area contributed by atoms with Gasteiger partial charge in [-0.25, -0.2) is 0 Å². The van der Waals surface area contributed by atoms with Crippen molar-refractivity contribution in [1.82, 2.24) is 4.90 Å². The third-order valence-electron chi connectivity index (χ3n) is 6.48. The van der Waals surface area contributed by atoms with Crippen molar-refractivity contribution < 1.29 is 17.9 Å². The van der Waals surface area contributed by atoms with Crippen LogP contribution in [0.15, 0.2) is 97.1 Å². The molecule has 0 atom stereocenters. The second-order valence-electron chi connectivity index (χ2n) is 9.27. The molecule has 0 spiro atoms. The Labute approximate surface area is 236 Å². The Hall–Kier alpha value is -3.19. The van der Waals surface area contributed by atoms with E-state index in [-0.39, 0.29) is 17.5 Å². The summed E-state index contributed by atoms with van der Waals surface area (Å²) in [6.45, 7) is 1.81. The number of hydrogen-bond donors (Lipinski definition) is 1. The molecule has 0 heterocycles. The van der Waals surface area contributed by atoms with Crippen LogP contribution in [-0.4, -0.2) is 24.6 Å². The van der Waals surface area contributed by atoms with Gasteiger partial charge in [-0.15, -0.1) is 0 Å². The summed E-state index contributed by atoms with van der Waals surface area (Å²) in [5.74, 6) is 0.616. The second kappa shape index (κ2) is 13.2. The number of rotatable bonds is 11. The van der Waals surface area contributed by atoms with Gasteiger partial charge in [0.2, 0.25) is 0 Å². The van der Waals surface area contributed by atoms with Crippen LogP contribution in [0.3, 0.4) is 0 Å². The molecule has 3 nitrogen and oxygen atoms in total. The maximum absolute atomic E-state index is 13.6. The van der Waals surface area contributed by atoms with E-state index in [1.807, 2.05) is 36.4 Å². The van der Waals surface area contributed by atoms with Crippen LogP contribution in [0.25, 0.3) is 0 Å². The number of hydrogen-bond acceptors (Lipinski definition) is 3. The van der Waals surface area contributed by atoms with Gasteiger partial charge in [-0.2, -0.15) is 13.2 Å². The zero-order valence-corrected chi connectivity index (χ0v) is 22.7. The summed E-state index contributed by atoms with van der Waals surface area (Å²) in [6.07, 6.45) is -3.89. The molecule has 0 aromatic heterocycles. The van der Waals surface area contributed by atoms with E-state index in [0.717, 1.165) is 17.2 Å². The number of nitrogens with two attached hydrogens (primary N) is 1. The quantitative estimate of drug-likeness (QED) is 0.144. The van der Waals surface area contributed by atoms with Crippen LogP contribution in [0.2, 0.25) is 10.0 Å². The minimum Gasteiger partial charge on any atom is -0.493 e. The Bertz CT molecular complexity index is 1310. The van der Waals surface area contributed by atoms with E-state index in [1.54, 1.807) is 24.3 Å². The lowest BCUT2D eigenvalue weighted by Gasteiger charge is -2.29. The molecule has 0 bridgehead atoms. The van der Waals surface area contributed by atoms with Crippen LogP contribution < -0.4 is 10.5 Å². The highest BCUT2D eigenvalue weighted by Crippen LogP contribution is 2.37. The summed E-state index contributed by atoms with van der Waals surface area (Å²) in [5.41, 5.74) is 8.15. The van der Waals surface area contributed by atoms with E-state index in [4.69, 9.17) is 33.7 Å². The topological polar surface area (TPSA) is 38.5 Å². The maximum Gasteiger partial charge on any atom is 0.417 e. The Morgan fingerprint density at radius 2 is 1.46 bits per heavy atom. The van der Waals surface area contributed by atoms with Crippen LogP contribution >= 0.6 is 23.2 Å². The monoisotopic (exact) mass is 572 g/mol. The second-order valence-corrected chi connectivity index (χ2v) is 10.1. The minimum atomic E-state index is -4.52. The highest BCUT2D eigenvalue weighted by atomic mass is 35.5. The Kier molecular flexibility index (Phi) is 9.78. The van der Waals surface area contributed by atoms with Gasteiger partial charge in [0.15, 0.2) is 0 Å². The zero-order valence-electron chi connectivity index (χ0n) is 21.2. The van der Waals surface area contributed by atoms with Crippen molar-refractivity contribution >= 4 is 28.9 Å². The van der Waals surface area contributed by atoms with Gasteiger partial charge in [0.1, 0.15) is 5.75 Å². The standard InChI is InChI=1S/C31H29Cl2F3N2O/c32-28-16-15-25(19-29(28)37)39-18-8-17-38(20-24-13-7-14-27(30(24)33)31(34,35)36)21-26(22-9-3-1-4-10-22)23-11-5-2-6-12-23/h1-7,9-16,19,26H,8,17-18,20-21,37H2. The average molecular weight is 573 g/mol. The van der Waals surface area contributed by atoms with E-state index in [0.29, 0.717) is 48.1 Å². The number of anilines is 1. The van der Waals surface area contributed by atoms with Crippen molar-refractivity contribution in [2.24, 2.45) is 0 Å². The lowest BCUT2D eigenvalue weighted by molar-refractivity contribution is -0.137. The predicted molar refractivity (Wildman–Crippen MR) is 152 cm³/mol. The first-order valence-corrected chi connectivity index (χ1v) is 13.3. The van der Waals surface area contributed by atoms with Gasteiger partial charge in [-0.3, -0.25) is 4.90 Å². The molecule has 0 saturated carbocycles. The van der Waals surface area contributed by atoms with Gasteiger partial charge < -0.3 is 10.5 Å². The van der Waals surface area contributed by atoms with Gasteiger partial charge in [0.25, 0.3) is 0 Å². The van der Waals surface area contributed by atoms with Gasteiger partial charge in [0.05, 0.1) is 27.9 Å². The lowest BCUT2D eigenvalue weighted by Crippen LogP contribution is -2.31. The van der Waals surface area contributed by atoms with Crippen molar-refractivity contribution in [2.45, 2.75) is 25.1 Å². The highest BCUT2D eigenvalue weighted by molar-refractivity contribution is 6.33. The minimum absolute atomic E-state index is 0.00829. The van der Waals surface area contributed by atoms with Crippen LogP contribution in [-0.2, 0) is 12.7 Å². The SMILES string of the molecule is Nc1cc(OCCCN(Cc2cccc(C(F)(F)F)c2Cl)CC(c2ccccc2)c2ccccc2)ccc1Cl. The van der Waals surface area contributed by atoms with Crippen molar-refractivity contribution in [3.05, 3.63) is 129 Å². The van der Waals surface area contributed by atoms with Crippen LogP contribution in [0, 0.1) is 0 Å². The molecule has 0 aliphatic rings. The number of ether oxygens (including phenoxy) is 1. The number of nitrogens with zero attached hydrogens (tertiary/aromatic N) is 1. The molecule has 0 radical (unpaired) electrons. The molecule has 0 aliphatic heterocycles. The third kappa shape index (κ3) is 7.91. The number of nitrogen functional groups attached to an aromatic ring is 1. The first-order valence-electron chi connectivity index (χ1n) is 12.6. The van der Waals surface area contributed by atoms with Crippen LogP contribution in [0.5, 0.6) is 5.75 Å². The molecule has 0 unspecified atom stereocenters. The summed E-state index contributed by atoms with van der Waals surface area (Å²) < 4.78 is 46.5. The van der Waals surface area contributed by atoms with Crippen molar-refractivity contribution in [1.29, 1.82) is 0 Å². The van der Waals surface area contributed by atoms with Crippen molar-refractivity contribution in [3.63, 3.8) is 0 Å². The van der Waals surface area contributed by atoms with Gasteiger partial charge in [-0.05, 0) is 41.3 Å². The zero-order chi connectivity index (χ0) is 27.8. The van der Waals surface area contributed by atoms with Crippen LogP contribution in [0.4, 0.5) is 18.9 Å². The molecule has 4 aromatic carbocycles. The molecule has 0 amide bonds. The van der Waals surface area contributed by atoms with Crippen molar-refractivity contribution in [3.8, 4) is 5.75 Å². The Morgan fingerprint density at radius 3 is 2.05 bits per heavy atom. The molecule has 4 rings (SSSR count). The smallest absolute Gasteiger partial charge is 0.417 e. The molecule has 4 aromatic rings. The molecular weight excluding hydrogens is 544 g/mol. The molecule has 39 heavy (non-hydrogen) atoms. The summed E-state index contributed by atoms with van der Waals surface area (Å²) in [7, 11) is 0. The third-order valence-corrected chi connectivity index (χ3v) is 7.27. The fraction of sp³-hybridized carbons (Fsp3) is 0.226. The first kappa shape index (κ1) is 28.8. The normalized spacial score (nSPS) is 11.8. The number of benzene rings is 4. The molecular formula is C31H29Cl2F3N2O. The number of halogens is 5. The van der Waals surface area contributed by atoms with E-state index in [9.17, 15) is 13.2 Å². The molecule has 8 heteroatoms. The first-order chi connectivity index (χ1) is 18.7. The fourth-order valence-electron chi connectivity index (χ4n) is 4.52. The van der Waals surface area contributed by atoms with Crippen LogP contribution in [0.1, 0.15) is 34.6 Å². The summed E-state index contributed by atoms with van der Waals surface area (Å²) in [5, 5.41) is 0.193. The van der Waals surface area contributed by atoms with Gasteiger partial charge in [0, 0.05) is 31.6 Å². The average Bonchev–Trinajstić information content (AvgIpc) is 2.92. The molecule has 0 fully saturated rings. The lowest BCUT2D eigenvalue weighted by atomic mass is 9.90.